The third-order valence-electron chi connectivity index (χ3n) is 21.6. The number of carboxylic acids is 1. The molecule has 0 atom stereocenters. The van der Waals surface area contributed by atoms with Crippen LogP contribution in [0.4, 0.5) is 28.4 Å². The van der Waals surface area contributed by atoms with Crippen molar-refractivity contribution >= 4 is 58.3 Å². The minimum Gasteiger partial charge on any atom is -0.508 e. The van der Waals surface area contributed by atoms with E-state index in [9.17, 15) is 44.4 Å². The Kier molecular flexibility index (Phi) is 31.4. The van der Waals surface area contributed by atoms with Crippen molar-refractivity contribution in [2.75, 3.05) is 95.0 Å². The Balaban J connectivity index is 0.000000285. The van der Waals surface area contributed by atoms with Crippen LogP contribution in [0.25, 0.3) is 0 Å². The Morgan fingerprint density at radius 3 is 0.732 bits per heavy atom. The van der Waals surface area contributed by atoms with E-state index in [0.717, 1.165) is 106 Å². The van der Waals surface area contributed by atoms with Crippen molar-refractivity contribution in [3.8, 4) is 46.0 Å². The van der Waals surface area contributed by atoms with E-state index in [4.69, 9.17) is 24.1 Å². The van der Waals surface area contributed by atoms with Crippen molar-refractivity contribution in [2.45, 2.75) is 101 Å². The molecule has 0 aliphatic rings. The molecular formula is C108H115N5O14. The summed E-state index contributed by atoms with van der Waals surface area (Å²) < 4.78 is 25.6. The largest absolute Gasteiger partial charge is 0.508 e. The van der Waals surface area contributed by atoms with E-state index in [1.54, 1.807) is 91.0 Å². The second kappa shape index (κ2) is 42.2. The van der Waals surface area contributed by atoms with Crippen LogP contribution >= 0.6 is 0 Å². The highest BCUT2D eigenvalue weighted by atomic mass is 16.5. The Labute approximate surface area is 746 Å². The van der Waals surface area contributed by atoms with Gasteiger partial charge in [0.2, 0.25) is 0 Å². The van der Waals surface area contributed by atoms with Crippen LogP contribution in [0, 0.1) is 55.4 Å². The molecule has 0 aromatic heterocycles. The van der Waals surface area contributed by atoms with E-state index >= 15 is 0 Å². The maximum absolute atomic E-state index is 14.6. The van der Waals surface area contributed by atoms with Crippen LogP contribution in [0.5, 0.6) is 46.0 Å². The number of carbonyl (C=O) groups excluding carboxylic acids is 4. The Bertz CT molecular complexity index is 5880. The molecule has 19 heteroatoms. The Morgan fingerprint density at radius 1 is 0.244 bits per heavy atom. The molecule has 0 saturated carbocycles. The van der Waals surface area contributed by atoms with Gasteiger partial charge in [0.05, 0.1) is 27.8 Å². The van der Waals surface area contributed by atoms with E-state index in [-0.39, 0.29) is 49.7 Å². The molecule has 13 rings (SSSR count). The van der Waals surface area contributed by atoms with Gasteiger partial charge < -0.3 is 69.0 Å². The van der Waals surface area contributed by atoms with Crippen molar-refractivity contribution in [3.05, 3.63) is 382 Å². The minimum atomic E-state index is -0.890. The Morgan fingerprint density at radius 2 is 0.457 bits per heavy atom. The standard InChI is InChI=1S/C67H68N4O8.C31H32O4.C9H11NO2.CH4/c1-42-25-27-60(76-64(72)46-17-13-21-56(38-46)68(5)6)50(29-42)35-52-31-44(3)33-54(62(52)78-66(74)48-19-15-23-58(40-48)70(9)10)37-55-34-45(4)32-53(63(55)79-67(75)49-20-16-24-59(41-49)71(11)12)36-51-30-43(2)26-28-61(51)77-65(73)47-18-14-22-57(39-47)69(7)8;1-18-5-7-28(32)22(9-18)15-24-11-20(3)13-26(30(24)34)17-27-14-21(4)12-25(31(27)35)16-23-10-19(2)6-8-29(23)33;1-10(2)8-5-3-4-7(6-8)9(11)12;/h13-34,38-41H,35-37H2,1-12H3;5-14,32-35H,15-17H2,1-4H3;3-6H,1-2H3,(H,11,12);1H4. The summed E-state index contributed by atoms with van der Waals surface area (Å²) in [5, 5.41) is 51.5. The second-order valence-corrected chi connectivity index (χ2v) is 33.3. The lowest BCUT2D eigenvalue weighted by molar-refractivity contribution is 0.0691. The van der Waals surface area contributed by atoms with Gasteiger partial charge in [-0.2, -0.15) is 0 Å². The first-order valence-electron chi connectivity index (χ1n) is 41.5. The molecule has 0 fully saturated rings. The number of aryl methyl sites for hydroxylation is 8. The molecular weight excluding hydrogens is 1590 g/mol. The van der Waals surface area contributed by atoms with Gasteiger partial charge in [0.1, 0.15) is 46.0 Å². The maximum atomic E-state index is 14.6. The van der Waals surface area contributed by atoms with Gasteiger partial charge in [-0.15, -0.1) is 0 Å². The van der Waals surface area contributed by atoms with Crippen LogP contribution < -0.4 is 43.4 Å². The molecule has 0 unspecified atom stereocenters. The average Bonchev–Trinajstić information content (AvgIpc) is 0.764. The molecule has 0 radical (unpaired) electrons. The highest BCUT2D eigenvalue weighted by Gasteiger charge is 2.27. The monoisotopic (exact) mass is 1710 g/mol. The molecule has 0 aliphatic carbocycles. The zero-order valence-electron chi connectivity index (χ0n) is 75.0. The topological polar surface area (TPSA) is 240 Å². The summed E-state index contributed by atoms with van der Waals surface area (Å²) in [5.41, 5.74) is 22.2. The lowest BCUT2D eigenvalue weighted by Crippen LogP contribution is -2.16. The first-order valence-corrected chi connectivity index (χ1v) is 41.5. The third kappa shape index (κ3) is 24.9. The zero-order chi connectivity index (χ0) is 91.1. The fraction of sp³-hybridized carbons (Fsp3) is 0.231. The number of carbonyl (C=O) groups is 5. The predicted octanol–water partition coefficient (Wildman–Crippen LogP) is 21.4. The van der Waals surface area contributed by atoms with Gasteiger partial charge in [-0.1, -0.05) is 179 Å². The van der Waals surface area contributed by atoms with Crippen LogP contribution in [0.15, 0.2) is 243 Å². The quantitative estimate of drug-likeness (QED) is 0.0250. The highest BCUT2D eigenvalue weighted by molar-refractivity contribution is 5.95. The number of aromatic carboxylic acids is 1. The van der Waals surface area contributed by atoms with Crippen molar-refractivity contribution in [1.29, 1.82) is 0 Å². The van der Waals surface area contributed by atoms with E-state index < -0.39 is 29.8 Å². The smallest absolute Gasteiger partial charge is 0.343 e. The van der Waals surface area contributed by atoms with Crippen LogP contribution in [0.3, 0.4) is 0 Å². The molecule has 0 aliphatic heterocycles. The van der Waals surface area contributed by atoms with Gasteiger partial charge in [0.15, 0.2) is 0 Å². The van der Waals surface area contributed by atoms with Crippen LogP contribution in [-0.2, 0) is 38.5 Å². The fourth-order valence-corrected chi connectivity index (χ4v) is 15.1. The van der Waals surface area contributed by atoms with Crippen LogP contribution in [-0.4, -0.2) is 126 Å². The number of phenols is 4. The number of carboxylic acid groups (broad SMARTS) is 1. The summed E-state index contributed by atoms with van der Waals surface area (Å²) in [5.74, 6) is -0.931. The third-order valence-corrected chi connectivity index (χ3v) is 21.6. The molecule has 656 valence electrons. The Hall–Kier alpha value is -14.6. The van der Waals surface area contributed by atoms with E-state index in [1.165, 1.54) is 0 Å². The van der Waals surface area contributed by atoms with Crippen molar-refractivity contribution < 1.29 is 68.5 Å². The van der Waals surface area contributed by atoms with Crippen molar-refractivity contribution in [2.24, 2.45) is 0 Å². The maximum Gasteiger partial charge on any atom is 0.343 e. The van der Waals surface area contributed by atoms with Gasteiger partial charge in [-0.05, 0) is 237 Å². The zero-order valence-corrected chi connectivity index (χ0v) is 75.0. The van der Waals surface area contributed by atoms with Crippen LogP contribution in [0.2, 0.25) is 0 Å². The molecule has 0 heterocycles. The lowest BCUT2D eigenvalue weighted by Gasteiger charge is -2.21. The molecule has 13 aromatic carbocycles. The van der Waals surface area contributed by atoms with E-state index in [0.29, 0.717) is 103 Å². The molecule has 5 N–H and O–H groups in total. The summed E-state index contributed by atoms with van der Waals surface area (Å²) in [6.45, 7) is 15.8. The van der Waals surface area contributed by atoms with Gasteiger partial charge in [0, 0.05) is 137 Å². The first kappa shape index (κ1) is 94.7. The number of hydrogen-bond donors (Lipinski definition) is 5. The second-order valence-electron chi connectivity index (χ2n) is 33.3. The van der Waals surface area contributed by atoms with Crippen LogP contribution in [0.1, 0.15) is 170 Å². The number of rotatable bonds is 26. The normalized spacial score (nSPS) is 10.7. The number of phenolic OH excluding ortho intramolecular Hbond substituents is 4. The van der Waals surface area contributed by atoms with Gasteiger partial charge in [-0.25, -0.2) is 24.0 Å². The fourth-order valence-electron chi connectivity index (χ4n) is 15.1. The number of anilines is 5. The predicted molar refractivity (Wildman–Crippen MR) is 510 cm³/mol. The number of nitrogens with zero attached hydrogens (tertiary/aromatic N) is 5. The average molecular weight is 1710 g/mol. The van der Waals surface area contributed by atoms with Gasteiger partial charge in [0.25, 0.3) is 0 Å². The summed E-state index contributed by atoms with van der Waals surface area (Å²) >= 11 is 0. The summed E-state index contributed by atoms with van der Waals surface area (Å²) in [4.78, 5) is 77.0. The molecule has 13 aromatic rings. The minimum absolute atomic E-state index is 0. The van der Waals surface area contributed by atoms with E-state index in [2.05, 4.69) is 0 Å². The summed E-state index contributed by atoms with van der Waals surface area (Å²) in [6, 6.07) is 73.7. The number of esters is 4. The summed E-state index contributed by atoms with van der Waals surface area (Å²) in [7, 11) is 19.0. The number of benzene rings is 13. The number of aromatic hydroxyl groups is 4. The van der Waals surface area contributed by atoms with E-state index in [1.807, 2.05) is 302 Å². The highest BCUT2D eigenvalue weighted by Crippen LogP contribution is 2.41. The number of hydrogen-bond acceptors (Lipinski definition) is 18. The first-order chi connectivity index (χ1) is 59.9. The van der Waals surface area contributed by atoms with Gasteiger partial charge in [-0.3, -0.25) is 0 Å². The molecule has 0 spiro atoms. The summed E-state index contributed by atoms with van der Waals surface area (Å²) in [6.07, 6.45) is 1.76. The van der Waals surface area contributed by atoms with Crippen molar-refractivity contribution in [1.82, 2.24) is 0 Å². The number of ether oxygens (including phenoxy) is 4. The SMILES string of the molecule is C.CN(C)c1cccc(C(=O)O)c1.Cc1ccc(O)c(Cc2cc(C)cc(Cc3cc(C)cc(Cc4cc(C)ccc4O)c3O)c2O)c1.Cc1ccc(OC(=O)c2cccc(N(C)C)c2)c(Cc2cc(C)cc(Cc3cc(C)cc(Cc4cc(C)ccc4OC(=O)c4cccc(N(C)C)c4)c3OC(=O)c3cccc(N(C)C)c3)c2OC(=O)c2cccc(N(C)C)c2)c1. The molecule has 0 amide bonds. The molecule has 127 heavy (non-hydrogen) atoms. The van der Waals surface area contributed by atoms with Crippen molar-refractivity contribution in [3.63, 3.8) is 0 Å². The molecule has 19 nitrogen and oxygen atoms in total. The lowest BCUT2D eigenvalue weighted by atomic mass is 9.91. The molecule has 0 saturated heterocycles. The van der Waals surface area contributed by atoms with Gasteiger partial charge >= 0.3 is 29.8 Å². The molecule has 0 bridgehead atoms.